The molecule has 1 aliphatic rings. The summed E-state index contributed by atoms with van der Waals surface area (Å²) in [7, 11) is 0. The zero-order chi connectivity index (χ0) is 28.5. The first-order valence-electron chi connectivity index (χ1n) is 13.6. The largest absolute Gasteiger partial charge is 0.511 e. The van der Waals surface area contributed by atoms with Crippen molar-refractivity contribution in [2.24, 2.45) is 5.92 Å². The van der Waals surface area contributed by atoms with Crippen LogP contribution in [0.25, 0.3) is 32.7 Å². The Hall–Kier alpha value is -4.57. The first kappa shape index (κ1) is 26.6. The van der Waals surface area contributed by atoms with Gasteiger partial charge < -0.3 is 15.2 Å². The van der Waals surface area contributed by atoms with Crippen molar-refractivity contribution in [3.63, 3.8) is 0 Å². The first-order valence-corrected chi connectivity index (χ1v) is 14.4. The van der Waals surface area contributed by atoms with Crippen LogP contribution in [0.2, 0.25) is 0 Å². The van der Waals surface area contributed by atoms with Crippen molar-refractivity contribution in [3.8, 4) is 17.3 Å². The van der Waals surface area contributed by atoms with Crippen LogP contribution < -0.4 is 20.3 Å². The van der Waals surface area contributed by atoms with Gasteiger partial charge in [0.2, 0.25) is 11.8 Å². The molecular weight excluding hydrogens is 538 g/mol. The van der Waals surface area contributed by atoms with Crippen molar-refractivity contribution in [3.05, 3.63) is 88.1 Å². The Bertz CT molecular complexity index is 1880. The molecule has 2 N–H and O–H groups in total. The summed E-state index contributed by atoms with van der Waals surface area (Å²) in [5.74, 6) is 1.31. The first-order chi connectivity index (χ1) is 19.9. The summed E-state index contributed by atoms with van der Waals surface area (Å²) in [6, 6.07) is 13.0. The number of thiophene rings is 1. The second-order valence-corrected chi connectivity index (χ2v) is 11.3. The zero-order valence-electron chi connectivity index (χ0n) is 22.5. The van der Waals surface area contributed by atoms with E-state index in [-0.39, 0.29) is 23.6 Å². The molecule has 41 heavy (non-hydrogen) atoms. The van der Waals surface area contributed by atoms with Crippen LogP contribution in [0.3, 0.4) is 0 Å². The van der Waals surface area contributed by atoms with Gasteiger partial charge in [-0.25, -0.2) is 14.8 Å². The molecule has 208 valence electrons. The maximum atomic E-state index is 13.5. The predicted molar refractivity (Wildman–Crippen MR) is 160 cm³/mol. The van der Waals surface area contributed by atoms with Crippen molar-refractivity contribution in [1.29, 1.82) is 0 Å². The highest BCUT2D eigenvalue weighted by Crippen LogP contribution is 2.32. The molecule has 4 heterocycles. The van der Waals surface area contributed by atoms with E-state index in [1.165, 1.54) is 22.0 Å². The fourth-order valence-corrected chi connectivity index (χ4v) is 6.67. The highest BCUT2D eigenvalue weighted by Gasteiger charge is 2.25. The number of nitrogens with zero attached hydrogens (tertiary/aromatic N) is 4. The lowest BCUT2D eigenvalue weighted by Crippen LogP contribution is -2.37. The number of ether oxygens (including phenoxy) is 1. The topological polar surface area (TPSA) is 119 Å². The molecule has 4 aromatic heterocycles. The Labute approximate surface area is 239 Å². The summed E-state index contributed by atoms with van der Waals surface area (Å²) in [5, 5.41) is 15.0. The molecular formula is C31H29N5O4S. The van der Waals surface area contributed by atoms with Gasteiger partial charge in [0.15, 0.2) is 0 Å². The molecule has 0 radical (unpaired) electrons. The van der Waals surface area contributed by atoms with E-state index in [1.807, 2.05) is 37.3 Å². The lowest BCUT2D eigenvalue weighted by atomic mass is 9.83. The quantitative estimate of drug-likeness (QED) is 0.262. The number of aliphatic hydroxyl groups is 1. The smallest absolute Gasteiger partial charge is 0.353 e. The molecule has 0 saturated heterocycles. The van der Waals surface area contributed by atoms with Crippen molar-refractivity contribution in [2.45, 2.75) is 45.1 Å². The van der Waals surface area contributed by atoms with Gasteiger partial charge in [-0.15, -0.1) is 11.3 Å². The monoisotopic (exact) mass is 567 g/mol. The van der Waals surface area contributed by atoms with Crippen LogP contribution in [0, 0.1) is 12.8 Å². The third-order valence-corrected chi connectivity index (χ3v) is 8.64. The van der Waals surface area contributed by atoms with Gasteiger partial charge in [-0.05, 0) is 61.9 Å². The van der Waals surface area contributed by atoms with E-state index in [4.69, 9.17) is 4.74 Å². The van der Waals surface area contributed by atoms with Crippen molar-refractivity contribution in [1.82, 2.24) is 24.8 Å². The van der Waals surface area contributed by atoms with Crippen LogP contribution in [0.4, 0.5) is 0 Å². The maximum absolute atomic E-state index is 13.5. The third-order valence-electron chi connectivity index (χ3n) is 7.51. The van der Waals surface area contributed by atoms with Gasteiger partial charge in [0.25, 0.3) is 0 Å². The fraction of sp³-hybridized carbons (Fsp3) is 0.258. The van der Waals surface area contributed by atoms with E-state index in [0.29, 0.717) is 44.1 Å². The minimum absolute atomic E-state index is 0.0576. The Morgan fingerprint density at radius 3 is 2.85 bits per heavy atom. The number of pyridine rings is 2. The molecule has 1 fully saturated rings. The van der Waals surface area contributed by atoms with E-state index >= 15 is 0 Å². The molecule has 1 aliphatic carbocycles. The molecule has 9 nitrogen and oxygen atoms in total. The highest BCUT2D eigenvalue weighted by molar-refractivity contribution is 7.17. The van der Waals surface area contributed by atoms with Crippen LogP contribution in [0.15, 0.2) is 72.3 Å². The molecule has 0 bridgehead atoms. The second kappa shape index (κ2) is 11.1. The summed E-state index contributed by atoms with van der Waals surface area (Å²) >= 11 is 1.33. The fourth-order valence-electron chi connectivity index (χ4n) is 5.62. The number of carbonyl (C=O) groups is 1. The Kier molecular flexibility index (Phi) is 7.23. The number of amides is 1. The number of para-hydroxylation sites is 1. The molecule has 6 rings (SSSR count). The number of aryl methyl sites for hydroxylation is 1. The minimum Gasteiger partial charge on any atom is -0.511 e. The van der Waals surface area contributed by atoms with E-state index < -0.39 is 5.69 Å². The van der Waals surface area contributed by atoms with Gasteiger partial charge in [-0.2, -0.15) is 4.98 Å². The summed E-state index contributed by atoms with van der Waals surface area (Å²) in [4.78, 5) is 39.4. The van der Waals surface area contributed by atoms with Crippen molar-refractivity contribution in [2.75, 3.05) is 0 Å². The van der Waals surface area contributed by atoms with Gasteiger partial charge in [0, 0.05) is 24.7 Å². The van der Waals surface area contributed by atoms with Crippen LogP contribution in [-0.2, 0) is 4.79 Å². The summed E-state index contributed by atoms with van der Waals surface area (Å²) < 4.78 is 7.96. The van der Waals surface area contributed by atoms with Crippen molar-refractivity contribution >= 4 is 44.3 Å². The zero-order valence-corrected chi connectivity index (χ0v) is 23.4. The lowest BCUT2D eigenvalue weighted by Gasteiger charge is -2.29. The highest BCUT2D eigenvalue weighted by atomic mass is 32.1. The van der Waals surface area contributed by atoms with Gasteiger partial charge in [0.1, 0.15) is 21.9 Å². The van der Waals surface area contributed by atoms with Gasteiger partial charge in [-0.3, -0.25) is 9.36 Å². The van der Waals surface area contributed by atoms with E-state index in [0.717, 1.165) is 36.6 Å². The predicted octanol–water partition coefficient (Wildman–Crippen LogP) is 5.13. The average Bonchev–Trinajstić information content (AvgIpc) is 3.34. The number of hydrogen-bond donors (Lipinski definition) is 2. The number of nitrogens with one attached hydrogen (secondary N) is 1. The number of carbonyl (C=O) groups excluding carboxylic acids is 1. The second-order valence-electron chi connectivity index (χ2n) is 10.3. The molecule has 1 aromatic carbocycles. The molecule has 1 saturated carbocycles. The standard InChI is InChI=1S/C31H29N5O4S/c1-3-25(38)34-20-9-7-8-19(15-20)16-24(37)29-28-27-22(12-13-32-30(27)41-29)36(31(39)35-28)23-17-33-26(14-18(23)2)40-21-10-5-4-6-11-21/h3-6,10-14,17,19-20,37H,1,7-9,15-16H2,2H3,(H,34,38)/t19-,20-/m1/s1. The van der Waals surface area contributed by atoms with Crippen molar-refractivity contribution < 1.29 is 14.6 Å². The number of hydrogen-bond acceptors (Lipinski definition) is 8. The SMILES string of the molecule is C=CC(=O)N[C@@H]1CCC[C@@H](CC(O)=c2sc3nccc4c3c2nc(=O)n4-c2cnc(Oc3ccccc3)cc2C)C1. The summed E-state index contributed by atoms with van der Waals surface area (Å²) in [6.07, 6.45) is 8.59. The Morgan fingerprint density at radius 1 is 1.24 bits per heavy atom. The van der Waals surface area contributed by atoms with Gasteiger partial charge >= 0.3 is 5.69 Å². The molecule has 0 aliphatic heterocycles. The number of aromatic nitrogens is 4. The number of rotatable bonds is 7. The van der Waals surface area contributed by atoms with Gasteiger partial charge in [0.05, 0.1) is 27.3 Å². The number of aliphatic hydroxyl groups excluding tert-OH is 1. The third kappa shape index (κ3) is 5.30. The number of benzene rings is 1. The van der Waals surface area contributed by atoms with Crippen LogP contribution >= 0.6 is 11.3 Å². The molecule has 10 heteroatoms. The molecule has 0 spiro atoms. The summed E-state index contributed by atoms with van der Waals surface area (Å²) in [5.41, 5.74) is 2.01. The lowest BCUT2D eigenvalue weighted by molar-refractivity contribution is -0.117. The Morgan fingerprint density at radius 2 is 2.07 bits per heavy atom. The van der Waals surface area contributed by atoms with Crippen LogP contribution in [0.1, 0.15) is 37.7 Å². The minimum atomic E-state index is -0.469. The molecule has 1 amide bonds. The van der Waals surface area contributed by atoms with E-state index in [9.17, 15) is 14.7 Å². The van der Waals surface area contributed by atoms with Gasteiger partial charge in [-0.1, -0.05) is 31.2 Å². The summed E-state index contributed by atoms with van der Waals surface area (Å²) in [6.45, 7) is 5.42. The molecule has 2 atom stereocenters. The van der Waals surface area contributed by atoms with Crippen LogP contribution in [-0.4, -0.2) is 36.6 Å². The normalized spacial score (nSPS) is 17.9. The average molecular weight is 568 g/mol. The Balaban J connectivity index is 1.36. The molecule has 0 unspecified atom stereocenters. The maximum Gasteiger partial charge on any atom is 0.353 e. The molecule has 5 aromatic rings. The van der Waals surface area contributed by atoms with E-state index in [1.54, 1.807) is 24.5 Å². The van der Waals surface area contributed by atoms with Crippen LogP contribution in [0.5, 0.6) is 11.6 Å². The van der Waals surface area contributed by atoms with E-state index in [2.05, 4.69) is 26.8 Å².